The summed E-state index contributed by atoms with van der Waals surface area (Å²) in [5.41, 5.74) is 3.31. The maximum Gasteiger partial charge on any atom is 0.227 e. The van der Waals surface area contributed by atoms with Crippen molar-refractivity contribution in [2.24, 2.45) is 0 Å². The fraction of sp³-hybridized carbons (Fsp3) is 0.476. The number of hydrogen-bond donors (Lipinski definition) is 1. The Morgan fingerprint density at radius 1 is 1.33 bits per heavy atom. The normalized spacial score (nSPS) is 19.0. The molecule has 2 aliphatic heterocycles. The number of carbonyl (C=O) groups is 1. The van der Waals surface area contributed by atoms with Gasteiger partial charge in [0.05, 0.1) is 19.1 Å². The number of amides is 1. The molecule has 1 saturated heterocycles. The predicted molar refractivity (Wildman–Crippen MR) is 102 cm³/mol. The van der Waals surface area contributed by atoms with Gasteiger partial charge in [-0.1, -0.05) is 12.1 Å². The van der Waals surface area contributed by atoms with Crippen molar-refractivity contribution >= 4 is 5.91 Å². The second kappa shape index (κ2) is 8.05. The number of rotatable bonds is 5. The molecule has 6 heteroatoms. The van der Waals surface area contributed by atoms with Crippen LogP contribution in [0, 0.1) is 0 Å². The minimum absolute atomic E-state index is 0.000355. The first kappa shape index (κ1) is 17.9. The number of benzene rings is 1. The zero-order valence-corrected chi connectivity index (χ0v) is 15.8. The van der Waals surface area contributed by atoms with E-state index < -0.39 is 0 Å². The van der Waals surface area contributed by atoms with Crippen LogP contribution in [-0.2, 0) is 24.2 Å². The Kier molecular flexibility index (Phi) is 5.34. The van der Waals surface area contributed by atoms with Gasteiger partial charge >= 0.3 is 0 Å². The number of aromatic nitrogens is 2. The van der Waals surface area contributed by atoms with Gasteiger partial charge in [-0.15, -0.1) is 0 Å². The molecule has 4 rings (SSSR count). The molecule has 27 heavy (non-hydrogen) atoms. The molecule has 0 radical (unpaired) electrons. The summed E-state index contributed by atoms with van der Waals surface area (Å²) in [6.45, 7) is 5.17. The molecule has 6 nitrogen and oxygen atoms in total. The summed E-state index contributed by atoms with van der Waals surface area (Å²) < 4.78 is 5.47. The first-order valence-electron chi connectivity index (χ1n) is 9.81. The molecular weight excluding hydrogens is 340 g/mol. The van der Waals surface area contributed by atoms with Gasteiger partial charge in [0, 0.05) is 43.5 Å². The Hall–Kier alpha value is -2.47. The van der Waals surface area contributed by atoms with Gasteiger partial charge in [-0.3, -0.25) is 4.79 Å². The van der Waals surface area contributed by atoms with Crippen molar-refractivity contribution in [3.05, 3.63) is 53.1 Å². The van der Waals surface area contributed by atoms with Crippen LogP contribution in [0.3, 0.4) is 0 Å². The van der Waals surface area contributed by atoms with Crippen molar-refractivity contribution in [3.8, 4) is 5.75 Å². The molecule has 0 saturated carbocycles. The van der Waals surface area contributed by atoms with Gasteiger partial charge in [0.25, 0.3) is 0 Å². The van der Waals surface area contributed by atoms with E-state index in [0.29, 0.717) is 13.0 Å². The minimum Gasteiger partial charge on any atom is -0.494 e. The average molecular weight is 366 g/mol. The fourth-order valence-corrected chi connectivity index (χ4v) is 3.89. The number of fused-ring (bicyclic) bond motifs is 1. The Labute approximate surface area is 160 Å². The molecule has 1 N–H and O–H groups in total. The molecule has 2 aromatic rings. The topological polar surface area (TPSA) is 67.3 Å². The first-order valence-corrected chi connectivity index (χ1v) is 9.81. The van der Waals surface area contributed by atoms with Crippen LogP contribution in [-0.4, -0.2) is 40.5 Å². The summed E-state index contributed by atoms with van der Waals surface area (Å²) in [6, 6.07) is 7.79. The molecule has 1 atom stereocenters. The van der Waals surface area contributed by atoms with Crippen LogP contribution in [0.15, 0.2) is 30.5 Å². The van der Waals surface area contributed by atoms with Crippen LogP contribution in [0.2, 0.25) is 0 Å². The van der Waals surface area contributed by atoms with Gasteiger partial charge in [0.2, 0.25) is 5.91 Å². The highest BCUT2D eigenvalue weighted by Gasteiger charge is 2.32. The molecule has 1 aromatic heterocycles. The third-order valence-electron chi connectivity index (χ3n) is 5.29. The van der Waals surface area contributed by atoms with Gasteiger partial charge in [0.1, 0.15) is 5.75 Å². The van der Waals surface area contributed by atoms with E-state index in [0.717, 1.165) is 61.7 Å². The monoisotopic (exact) mass is 366 g/mol. The highest BCUT2D eigenvalue weighted by Crippen LogP contribution is 2.31. The number of nitrogens with one attached hydrogen (secondary N) is 1. The standard InChI is InChI=1S/C21H26N4O2/c1-2-27-17-7-5-15(6-8-17)12-20(26)25-11-3-4-19(25)21-23-14-16-13-22-10-9-18(16)24-21/h5-8,14,19,22H,2-4,9-13H2,1H3. The van der Waals surface area contributed by atoms with Crippen LogP contribution in [0.5, 0.6) is 5.75 Å². The number of likely N-dealkylation sites (tertiary alicyclic amines) is 1. The second-order valence-corrected chi connectivity index (χ2v) is 7.13. The highest BCUT2D eigenvalue weighted by atomic mass is 16.5. The van der Waals surface area contributed by atoms with E-state index in [2.05, 4.69) is 10.3 Å². The van der Waals surface area contributed by atoms with Crippen LogP contribution in [0.1, 0.15) is 48.5 Å². The Balaban J connectivity index is 1.46. The smallest absolute Gasteiger partial charge is 0.227 e. The lowest BCUT2D eigenvalue weighted by Gasteiger charge is -2.25. The Morgan fingerprint density at radius 2 is 2.19 bits per heavy atom. The molecule has 0 bridgehead atoms. The van der Waals surface area contributed by atoms with Gasteiger partial charge in [-0.2, -0.15) is 0 Å². The molecule has 2 aliphatic rings. The molecule has 3 heterocycles. The lowest BCUT2D eigenvalue weighted by molar-refractivity contribution is -0.131. The molecular formula is C21H26N4O2. The van der Waals surface area contributed by atoms with Gasteiger partial charge in [0.15, 0.2) is 5.82 Å². The average Bonchev–Trinajstić information content (AvgIpc) is 3.19. The number of nitrogens with zero attached hydrogens (tertiary/aromatic N) is 3. The number of carbonyl (C=O) groups excluding carboxylic acids is 1. The van der Waals surface area contributed by atoms with E-state index >= 15 is 0 Å². The Morgan fingerprint density at radius 3 is 3.00 bits per heavy atom. The van der Waals surface area contributed by atoms with Crippen molar-refractivity contribution in [3.63, 3.8) is 0 Å². The molecule has 0 aliphatic carbocycles. The van der Waals surface area contributed by atoms with Crippen LogP contribution >= 0.6 is 0 Å². The maximum absolute atomic E-state index is 12.9. The lowest BCUT2D eigenvalue weighted by atomic mass is 10.1. The summed E-state index contributed by atoms with van der Waals surface area (Å²) in [4.78, 5) is 24.3. The van der Waals surface area contributed by atoms with Gasteiger partial charge < -0.3 is 15.0 Å². The van der Waals surface area contributed by atoms with E-state index in [1.807, 2.05) is 42.3 Å². The molecule has 142 valence electrons. The van der Waals surface area contributed by atoms with E-state index in [9.17, 15) is 4.79 Å². The maximum atomic E-state index is 12.9. The quantitative estimate of drug-likeness (QED) is 0.880. The largest absolute Gasteiger partial charge is 0.494 e. The zero-order valence-electron chi connectivity index (χ0n) is 15.8. The number of ether oxygens (including phenoxy) is 1. The molecule has 0 spiro atoms. The van der Waals surface area contributed by atoms with E-state index in [1.54, 1.807) is 0 Å². The lowest BCUT2D eigenvalue weighted by Crippen LogP contribution is -2.33. The van der Waals surface area contributed by atoms with Crippen molar-refractivity contribution < 1.29 is 9.53 Å². The van der Waals surface area contributed by atoms with E-state index in [1.165, 1.54) is 5.56 Å². The number of hydrogen-bond acceptors (Lipinski definition) is 5. The van der Waals surface area contributed by atoms with Crippen molar-refractivity contribution in [2.45, 2.75) is 45.2 Å². The third-order valence-corrected chi connectivity index (χ3v) is 5.29. The molecule has 1 aromatic carbocycles. The van der Waals surface area contributed by atoms with Gasteiger partial charge in [-0.05, 0) is 37.5 Å². The summed E-state index contributed by atoms with van der Waals surface area (Å²) in [7, 11) is 0. The fourth-order valence-electron chi connectivity index (χ4n) is 3.89. The highest BCUT2D eigenvalue weighted by molar-refractivity contribution is 5.79. The van der Waals surface area contributed by atoms with Crippen molar-refractivity contribution in [1.82, 2.24) is 20.2 Å². The molecule has 1 amide bonds. The van der Waals surface area contributed by atoms with Crippen LogP contribution in [0.25, 0.3) is 0 Å². The molecule has 1 unspecified atom stereocenters. The zero-order chi connectivity index (χ0) is 18.6. The first-order chi connectivity index (χ1) is 13.2. The van der Waals surface area contributed by atoms with E-state index in [4.69, 9.17) is 9.72 Å². The molecule has 1 fully saturated rings. The van der Waals surface area contributed by atoms with Crippen molar-refractivity contribution in [2.75, 3.05) is 19.7 Å². The van der Waals surface area contributed by atoms with E-state index in [-0.39, 0.29) is 11.9 Å². The summed E-state index contributed by atoms with van der Waals surface area (Å²) in [6.07, 6.45) is 5.19. The Bertz CT molecular complexity index is 806. The van der Waals surface area contributed by atoms with Gasteiger partial charge in [-0.25, -0.2) is 9.97 Å². The minimum atomic E-state index is 0.000355. The van der Waals surface area contributed by atoms with Crippen molar-refractivity contribution in [1.29, 1.82) is 0 Å². The third kappa shape index (κ3) is 3.95. The summed E-state index contributed by atoms with van der Waals surface area (Å²) in [5, 5.41) is 3.34. The second-order valence-electron chi connectivity index (χ2n) is 7.13. The SMILES string of the molecule is CCOc1ccc(CC(=O)N2CCCC2c2ncc3c(n2)CCNC3)cc1. The summed E-state index contributed by atoms with van der Waals surface area (Å²) >= 11 is 0. The predicted octanol–water partition coefficient (Wildman–Crippen LogP) is 2.43. The van der Waals surface area contributed by atoms with Crippen LogP contribution < -0.4 is 10.1 Å². The summed E-state index contributed by atoms with van der Waals surface area (Å²) in [5.74, 6) is 1.78. The van der Waals surface area contributed by atoms with Crippen LogP contribution in [0.4, 0.5) is 0 Å².